The van der Waals surface area contributed by atoms with Crippen LogP contribution in [0.5, 0.6) is 0 Å². The average molecular weight is 477 g/mol. The van der Waals surface area contributed by atoms with Crippen LogP contribution in [0.4, 0.5) is 0 Å². The zero-order chi connectivity index (χ0) is 23.2. The normalized spacial score (nSPS) is 13.8. The minimum absolute atomic E-state index is 0.342. The first-order valence-electron chi connectivity index (χ1n) is 12.0. The molecule has 0 fully saturated rings. The predicted molar refractivity (Wildman–Crippen MR) is 140 cm³/mol. The molecule has 0 aromatic heterocycles. The lowest BCUT2D eigenvalue weighted by atomic mass is 9.87. The largest absolute Gasteiger partial charge is 0.335 e. The number of rotatable bonds is 16. The van der Waals surface area contributed by atoms with E-state index in [2.05, 4.69) is 81.6 Å². The van der Waals surface area contributed by atoms with Crippen LogP contribution in [-0.2, 0) is 19.8 Å². The first-order valence-corrected chi connectivity index (χ1v) is 15.1. The summed E-state index contributed by atoms with van der Waals surface area (Å²) in [5.41, 5.74) is 3.76. The Hall–Kier alpha value is -1.06. The van der Waals surface area contributed by atoms with Gasteiger partial charge in [-0.15, -0.1) is 0 Å². The number of hydrogen-bond acceptors (Lipinski definition) is 4. The van der Waals surface area contributed by atoms with Gasteiger partial charge in [0.1, 0.15) is 0 Å². The highest BCUT2D eigenvalue weighted by molar-refractivity contribution is 7.98. The van der Waals surface area contributed by atoms with Gasteiger partial charge in [0.25, 0.3) is 0 Å². The van der Waals surface area contributed by atoms with E-state index in [1.54, 1.807) is 0 Å². The summed E-state index contributed by atoms with van der Waals surface area (Å²) in [5.74, 6) is 2.09. The Morgan fingerprint density at radius 3 is 2.00 bits per heavy atom. The smallest absolute Gasteiger partial charge is 0.308 e. The Labute approximate surface area is 200 Å². The number of thioether (sulfide) groups is 1. The fourth-order valence-corrected chi connectivity index (χ4v) is 6.25. The standard InChI is InChI=1S/C27H41O3PS/c1-5-7-18-29-31(28,30-19-8-6-2)21-24-14-16-26(17-15-24)27(22-32-4)20-23(3)25-12-10-9-11-13-25/h9-17,23,27H,5-8,18-22H2,1-4H3. The third kappa shape index (κ3) is 9.43. The summed E-state index contributed by atoms with van der Waals surface area (Å²) >= 11 is 1.89. The Bertz CT molecular complexity index is 780. The number of unbranched alkanes of at least 4 members (excludes halogenated alkanes) is 2. The molecule has 2 unspecified atom stereocenters. The molecular weight excluding hydrogens is 435 g/mol. The van der Waals surface area contributed by atoms with E-state index >= 15 is 0 Å². The van der Waals surface area contributed by atoms with Crippen molar-refractivity contribution in [3.63, 3.8) is 0 Å². The number of hydrogen-bond donors (Lipinski definition) is 0. The van der Waals surface area contributed by atoms with Gasteiger partial charge in [-0.05, 0) is 59.8 Å². The monoisotopic (exact) mass is 476 g/mol. The lowest BCUT2D eigenvalue weighted by Gasteiger charge is -2.22. The molecule has 0 aliphatic heterocycles. The molecule has 0 amide bonds. The van der Waals surface area contributed by atoms with Crippen LogP contribution < -0.4 is 0 Å². The maximum Gasteiger partial charge on any atom is 0.335 e. The molecule has 0 saturated carbocycles. The number of benzene rings is 2. The molecular formula is C27H41O3PS. The molecule has 3 nitrogen and oxygen atoms in total. The Kier molecular flexibility index (Phi) is 12.7. The zero-order valence-corrected chi connectivity index (χ0v) is 22.0. The van der Waals surface area contributed by atoms with E-state index in [1.165, 1.54) is 11.1 Å². The van der Waals surface area contributed by atoms with Crippen molar-refractivity contribution in [2.45, 2.75) is 70.9 Å². The van der Waals surface area contributed by atoms with Gasteiger partial charge >= 0.3 is 7.60 Å². The first-order chi connectivity index (χ1) is 15.5. The molecule has 0 radical (unpaired) electrons. The SMILES string of the molecule is CCCCOP(=O)(Cc1ccc(C(CSC)CC(C)c2ccccc2)cc1)OCCCC. The molecule has 2 atom stereocenters. The highest BCUT2D eigenvalue weighted by Gasteiger charge is 2.25. The molecule has 32 heavy (non-hydrogen) atoms. The van der Waals surface area contributed by atoms with Crippen LogP contribution in [0.2, 0.25) is 0 Å². The topological polar surface area (TPSA) is 35.5 Å². The molecule has 2 aromatic carbocycles. The van der Waals surface area contributed by atoms with Gasteiger partial charge in [-0.25, -0.2) is 0 Å². The van der Waals surface area contributed by atoms with Crippen LogP contribution in [0.1, 0.15) is 81.4 Å². The highest BCUT2D eigenvalue weighted by atomic mass is 32.2. The van der Waals surface area contributed by atoms with E-state index in [4.69, 9.17) is 9.05 Å². The molecule has 0 aliphatic carbocycles. The molecule has 0 heterocycles. The van der Waals surface area contributed by atoms with Crippen molar-refractivity contribution >= 4 is 19.4 Å². The maximum atomic E-state index is 13.3. The Morgan fingerprint density at radius 2 is 1.47 bits per heavy atom. The third-order valence-corrected chi connectivity index (χ3v) is 8.41. The van der Waals surface area contributed by atoms with E-state index in [9.17, 15) is 4.57 Å². The first kappa shape index (κ1) is 27.2. The fourth-order valence-electron chi connectivity index (χ4n) is 3.79. The van der Waals surface area contributed by atoms with Crippen LogP contribution in [0.3, 0.4) is 0 Å². The van der Waals surface area contributed by atoms with Crippen LogP contribution >= 0.6 is 19.4 Å². The molecule has 2 aromatic rings. The van der Waals surface area contributed by atoms with Gasteiger partial charge in [0.15, 0.2) is 0 Å². The summed E-state index contributed by atoms with van der Waals surface area (Å²) in [7, 11) is -3.12. The van der Waals surface area contributed by atoms with Gasteiger partial charge < -0.3 is 9.05 Å². The minimum Gasteiger partial charge on any atom is -0.308 e. The molecule has 0 bridgehead atoms. The average Bonchev–Trinajstić information content (AvgIpc) is 2.80. The second-order valence-corrected chi connectivity index (χ2v) is 11.5. The summed E-state index contributed by atoms with van der Waals surface area (Å²) in [4.78, 5) is 0. The lowest BCUT2D eigenvalue weighted by molar-refractivity contribution is 0.199. The third-order valence-electron chi connectivity index (χ3n) is 5.77. The molecule has 0 N–H and O–H groups in total. The molecule has 0 spiro atoms. The van der Waals surface area contributed by atoms with E-state index < -0.39 is 7.60 Å². The van der Waals surface area contributed by atoms with Crippen molar-refractivity contribution in [3.05, 3.63) is 71.3 Å². The molecule has 2 rings (SSSR count). The van der Waals surface area contributed by atoms with Gasteiger partial charge in [0, 0.05) is 0 Å². The Balaban J connectivity index is 2.07. The molecule has 0 saturated heterocycles. The van der Waals surface area contributed by atoms with Crippen LogP contribution in [-0.4, -0.2) is 25.2 Å². The van der Waals surface area contributed by atoms with Crippen molar-refractivity contribution in [2.24, 2.45) is 0 Å². The summed E-state index contributed by atoms with van der Waals surface area (Å²) in [5, 5.41) is 0. The van der Waals surface area contributed by atoms with Crippen LogP contribution in [0, 0.1) is 0 Å². The van der Waals surface area contributed by atoms with E-state index in [-0.39, 0.29) is 0 Å². The van der Waals surface area contributed by atoms with Crippen molar-refractivity contribution in [1.29, 1.82) is 0 Å². The van der Waals surface area contributed by atoms with Gasteiger partial charge in [-0.3, -0.25) is 4.57 Å². The predicted octanol–water partition coefficient (Wildman–Crippen LogP) is 8.65. The van der Waals surface area contributed by atoms with Gasteiger partial charge in [0.2, 0.25) is 0 Å². The second kappa shape index (κ2) is 15.0. The summed E-state index contributed by atoms with van der Waals surface area (Å²) in [6.45, 7) is 7.51. The molecule has 5 heteroatoms. The van der Waals surface area contributed by atoms with Crippen LogP contribution in [0.25, 0.3) is 0 Å². The van der Waals surface area contributed by atoms with E-state index in [1.807, 2.05) is 11.8 Å². The van der Waals surface area contributed by atoms with Crippen LogP contribution in [0.15, 0.2) is 54.6 Å². The lowest BCUT2D eigenvalue weighted by Crippen LogP contribution is -2.07. The highest BCUT2D eigenvalue weighted by Crippen LogP contribution is 2.51. The van der Waals surface area contributed by atoms with Crippen molar-refractivity contribution in [2.75, 3.05) is 25.2 Å². The van der Waals surface area contributed by atoms with Gasteiger partial charge in [-0.2, -0.15) is 11.8 Å². The van der Waals surface area contributed by atoms with Crippen molar-refractivity contribution in [3.8, 4) is 0 Å². The van der Waals surface area contributed by atoms with Crippen molar-refractivity contribution in [1.82, 2.24) is 0 Å². The van der Waals surface area contributed by atoms with Gasteiger partial charge in [0.05, 0.1) is 19.4 Å². The minimum atomic E-state index is -3.12. The van der Waals surface area contributed by atoms with Gasteiger partial charge in [-0.1, -0.05) is 88.2 Å². The van der Waals surface area contributed by atoms with E-state index in [0.717, 1.165) is 43.4 Å². The molecule has 178 valence electrons. The van der Waals surface area contributed by atoms with E-state index in [0.29, 0.717) is 31.2 Å². The molecule has 0 aliphatic rings. The summed E-state index contributed by atoms with van der Waals surface area (Å²) in [6.07, 6.45) is 7.46. The Morgan fingerprint density at radius 1 is 0.875 bits per heavy atom. The zero-order valence-electron chi connectivity index (χ0n) is 20.3. The fraction of sp³-hybridized carbons (Fsp3) is 0.556. The maximum absolute atomic E-state index is 13.3. The summed E-state index contributed by atoms with van der Waals surface area (Å²) in [6, 6.07) is 19.4. The second-order valence-electron chi connectivity index (χ2n) is 8.58. The van der Waals surface area contributed by atoms with Crippen molar-refractivity contribution < 1.29 is 13.6 Å². The quantitative estimate of drug-likeness (QED) is 0.179. The summed E-state index contributed by atoms with van der Waals surface area (Å²) < 4.78 is 24.8.